The summed E-state index contributed by atoms with van der Waals surface area (Å²) in [5.41, 5.74) is 0.797. The molecule has 1 saturated heterocycles. The molecule has 4 unspecified atom stereocenters. The van der Waals surface area contributed by atoms with Crippen molar-refractivity contribution in [2.75, 3.05) is 24.3 Å². The lowest BCUT2D eigenvalue weighted by molar-refractivity contribution is -0.146. The number of amides is 1. The first-order valence-corrected chi connectivity index (χ1v) is 7.50. The van der Waals surface area contributed by atoms with Gasteiger partial charge in [0.25, 0.3) is 0 Å². The van der Waals surface area contributed by atoms with E-state index >= 15 is 0 Å². The van der Waals surface area contributed by atoms with Crippen LogP contribution in [0.3, 0.4) is 0 Å². The topological polar surface area (TPSA) is 78.9 Å². The predicted octanol–water partition coefficient (Wildman–Crippen LogP) is 1.74. The van der Waals surface area contributed by atoms with Gasteiger partial charge in [0.15, 0.2) is 0 Å². The summed E-state index contributed by atoms with van der Waals surface area (Å²) in [6.07, 6.45) is 2.98. The zero-order valence-electron chi connectivity index (χ0n) is 13.3. The lowest BCUT2D eigenvalue weighted by Crippen LogP contribution is -2.44. The summed E-state index contributed by atoms with van der Waals surface area (Å²) in [6, 6.07) is 7.39. The van der Waals surface area contributed by atoms with Crippen LogP contribution in [-0.4, -0.2) is 42.8 Å². The largest absolute Gasteiger partial charge is 0.481 e. The minimum atomic E-state index is -1.01. The van der Waals surface area contributed by atoms with Gasteiger partial charge in [-0.1, -0.05) is 12.2 Å². The van der Waals surface area contributed by atoms with Crippen LogP contribution in [0.1, 0.15) is 6.92 Å². The molecule has 122 valence electrons. The maximum absolute atomic E-state index is 12.6. The van der Waals surface area contributed by atoms with Gasteiger partial charge in [-0.3, -0.25) is 9.59 Å². The van der Waals surface area contributed by atoms with Crippen molar-refractivity contribution in [1.82, 2.24) is 0 Å². The third-order valence-electron chi connectivity index (χ3n) is 4.56. The van der Waals surface area contributed by atoms with Crippen molar-refractivity contribution < 1.29 is 19.4 Å². The molecule has 6 heteroatoms. The molecule has 1 aromatic carbocycles. The molecular formula is C17H20N2O4. The Balaban J connectivity index is 1.79. The number of nitrogens with one attached hydrogen (secondary N) is 1. The minimum Gasteiger partial charge on any atom is -0.481 e. The second-order valence-corrected chi connectivity index (χ2v) is 6.40. The highest BCUT2D eigenvalue weighted by Gasteiger charge is 2.59. The molecule has 1 amide bonds. The van der Waals surface area contributed by atoms with Crippen molar-refractivity contribution in [3.05, 3.63) is 36.4 Å². The molecule has 0 saturated carbocycles. The van der Waals surface area contributed by atoms with Gasteiger partial charge in [-0.05, 0) is 31.2 Å². The molecule has 0 spiro atoms. The molecule has 1 aromatic rings. The van der Waals surface area contributed by atoms with Crippen molar-refractivity contribution in [2.24, 2.45) is 11.8 Å². The Morgan fingerprint density at radius 2 is 1.91 bits per heavy atom. The minimum absolute atomic E-state index is 0.329. The van der Waals surface area contributed by atoms with Crippen LogP contribution < -0.4 is 10.2 Å². The van der Waals surface area contributed by atoms with Crippen LogP contribution in [0.15, 0.2) is 36.4 Å². The number of benzene rings is 1. The second-order valence-electron chi connectivity index (χ2n) is 6.40. The quantitative estimate of drug-likeness (QED) is 0.827. The van der Waals surface area contributed by atoms with Crippen LogP contribution in [0.4, 0.5) is 11.4 Å². The third-order valence-corrected chi connectivity index (χ3v) is 4.56. The summed E-state index contributed by atoms with van der Waals surface area (Å²) < 4.78 is 5.70. The van der Waals surface area contributed by atoms with E-state index in [1.807, 2.05) is 31.1 Å². The Labute approximate surface area is 134 Å². The summed E-state index contributed by atoms with van der Waals surface area (Å²) in [5.74, 6) is -2.94. The summed E-state index contributed by atoms with van der Waals surface area (Å²) in [7, 11) is 3.87. The van der Waals surface area contributed by atoms with E-state index in [9.17, 15) is 14.7 Å². The molecule has 0 aromatic heterocycles. The van der Waals surface area contributed by atoms with Gasteiger partial charge in [-0.15, -0.1) is 0 Å². The normalized spacial score (nSPS) is 31.2. The van der Waals surface area contributed by atoms with Gasteiger partial charge in [0.05, 0.1) is 17.6 Å². The first-order chi connectivity index (χ1) is 10.8. The Morgan fingerprint density at radius 1 is 1.26 bits per heavy atom. The van der Waals surface area contributed by atoms with Gasteiger partial charge < -0.3 is 20.1 Å². The van der Waals surface area contributed by atoms with Crippen molar-refractivity contribution in [2.45, 2.75) is 18.6 Å². The van der Waals surface area contributed by atoms with Crippen LogP contribution in [0.25, 0.3) is 0 Å². The third kappa shape index (κ3) is 2.59. The number of ether oxygens (including phenoxy) is 1. The predicted molar refractivity (Wildman–Crippen MR) is 86.4 cm³/mol. The number of hydrogen-bond acceptors (Lipinski definition) is 4. The Kier molecular flexibility index (Phi) is 3.64. The average molecular weight is 316 g/mol. The van der Waals surface area contributed by atoms with Crippen LogP contribution in [0, 0.1) is 11.8 Å². The molecule has 2 aliphatic heterocycles. The highest BCUT2D eigenvalue weighted by atomic mass is 16.5. The van der Waals surface area contributed by atoms with E-state index < -0.39 is 29.5 Å². The number of carboxylic acids is 1. The maximum Gasteiger partial charge on any atom is 0.310 e. The first-order valence-electron chi connectivity index (χ1n) is 7.50. The molecular weight excluding hydrogens is 296 g/mol. The summed E-state index contributed by atoms with van der Waals surface area (Å²) in [5, 5.41) is 12.2. The fourth-order valence-electron chi connectivity index (χ4n) is 3.34. The van der Waals surface area contributed by atoms with Gasteiger partial charge in [0, 0.05) is 25.5 Å². The number of hydrogen-bond donors (Lipinski definition) is 2. The van der Waals surface area contributed by atoms with Crippen molar-refractivity contribution in [1.29, 1.82) is 0 Å². The number of nitrogens with zero attached hydrogens (tertiary/aromatic N) is 1. The number of aliphatic carboxylic acids is 1. The zero-order chi connectivity index (χ0) is 16.8. The zero-order valence-corrected chi connectivity index (χ0v) is 13.3. The number of carbonyl (C=O) groups is 2. The van der Waals surface area contributed by atoms with Crippen LogP contribution in [0.2, 0.25) is 0 Å². The number of fused-ring (bicyclic) bond motifs is 2. The molecule has 6 nitrogen and oxygen atoms in total. The van der Waals surface area contributed by atoms with Crippen molar-refractivity contribution in [3.63, 3.8) is 0 Å². The monoisotopic (exact) mass is 316 g/mol. The smallest absolute Gasteiger partial charge is 0.310 e. The number of anilines is 2. The van der Waals surface area contributed by atoms with E-state index in [1.165, 1.54) is 0 Å². The van der Waals surface area contributed by atoms with E-state index in [2.05, 4.69) is 5.32 Å². The van der Waals surface area contributed by atoms with Crippen molar-refractivity contribution in [3.8, 4) is 0 Å². The fraction of sp³-hybridized carbons (Fsp3) is 0.412. The summed E-state index contributed by atoms with van der Waals surface area (Å²) in [6.45, 7) is 1.76. The lowest BCUT2D eigenvalue weighted by Gasteiger charge is -2.27. The molecule has 2 heterocycles. The molecule has 2 bridgehead atoms. The van der Waals surface area contributed by atoms with Crippen LogP contribution in [-0.2, 0) is 14.3 Å². The molecule has 23 heavy (non-hydrogen) atoms. The number of carboxylic acid groups (broad SMARTS) is 1. The van der Waals surface area contributed by atoms with E-state index in [4.69, 9.17) is 4.74 Å². The molecule has 1 fully saturated rings. The Bertz CT molecular complexity index is 668. The highest BCUT2D eigenvalue weighted by molar-refractivity contribution is 5.97. The molecule has 2 N–H and O–H groups in total. The van der Waals surface area contributed by atoms with Gasteiger partial charge in [-0.2, -0.15) is 0 Å². The Morgan fingerprint density at radius 3 is 2.48 bits per heavy atom. The van der Waals surface area contributed by atoms with Crippen molar-refractivity contribution >= 4 is 23.3 Å². The van der Waals surface area contributed by atoms with Crippen LogP contribution in [0.5, 0.6) is 0 Å². The summed E-state index contributed by atoms with van der Waals surface area (Å²) in [4.78, 5) is 26.1. The molecule has 0 aliphatic carbocycles. The maximum atomic E-state index is 12.6. The van der Waals surface area contributed by atoms with Gasteiger partial charge >= 0.3 is 5.97 Å². The lowest BCUT2D eigenvalue weighted by atomic mass is 9.75. The van der Waals surface area contributed by atoms with Gasteiger partial charge in [-0.25, -0.2) is 0 Å². The summed E-state index contributed by atoms with van der Waals surface area (Å²) >= 11 is 0. The number of rotatable bonds is 4. The fourth-order valence-corrected chi connectivity index (χ4v) is 3.34. The van der Waals surface area contributed by atoms with E-state index in [-0.39, 0.29) is 5.91 Å². The molecule has 4 atom stereocenters. The van der Waals surface area contributed by atoms with Gasteiger partial charge in [0.2, 0.25) is 5.91 Å². The standard InChI is InChI=1S/C17H20N2O4/c1-17-9-8-12(23-17)13(16(21)22)14(17)15(20)18-10-4-6-11(7-5-10)19(2)3/h4-9,12-14H,1-3H3,(H,18,20)(H,21,22). The average Bonchev–Trinajstić information content (AvgIpc) is 3.00. The van der Waals surface area contributed by atoms with E-state index in [0.29, 0.717) is 5.69 Å². The SMILES string of the molecule is CN(C)c1ccc(NC(=O)C2C(C(=O)O)C3C=CC2(C)O3)cc1. The van der Waals surface area contributed by atoms with Gasteiger partial charge in [0.1, 0.15) is 5.92 Å². The number of carbonyl (C=O) groups excluding carboxylic acids is 1. The van der Waals surface area contributed by atoms with E-state index in [0.717, 1.165) is 5.69 Å². The molecule has 2 aliphatic rings. The first kappa shape index (κ1) is 15.6. The Hall–Kier alpha value is -2.34. The molecule has 0 radical (unpaired) electrons. The highest BCUT2D eigenvalue weighted by Crippen LogP contribution is 2.47. The van der Waals surface area contributed by atoms with Crippen LogP contribution >= 0.6 is 0 Å². The van der Waals surface area contributed by atoms with E-state index in [1.54, 1.807) is 31.2 Å². The molecule has 3 rings (SSSR count). The second kappa shape index (κ2) is 5.38.